The summed E-state index contributed by atoms with van der Waals surface area (Å²) in [5.41, 5.74) is 1.04. The summed E-state index contributed by atoms with van der Waals surface area (Å²) in [4.78, 5) is 16.0. The summed E-state index contributed by atoms with van der Waals surface area (Å²) in [6.45, 7) is 3.64. The number of hydrogen-bond donors (Lipinski definition) is 2. The molecule has 4 nitrogen and oxygen atoms in total. The molecule has 0 aromatic carbocycles. The highest BCUT2D eigenvalue weighted by Crippen LogP contribution is 2.16. The highest BCUT2D eigenvalue weighted by atomic mass is 16.1. The number of nitrogens with one attached hydrogen (secondary N) is 2. The van der Waals surface area contributed by atoms with E-state index in [0.29, 0.717) is 12.6 Å². The van der Waals surface area contributed by atoms with Crippen LogP contribution in [0, 0.1) is 5.92 Å². The van der Waals surface area contributed by atoms with Gasteiger partial charge in [0.2, 0.25) is 5.91 Å². The number of aromatic nitrogens is 1. The third-order valence-corrected chi connectivity index (χ3v) is 3.18. The smallest absolute Gasteiger partial charge is 0.223 e. The molecular weight excluding hydrogens is 214 g/mol. The van der Waals surface area contributed by atoms with E-state index in [0.717, 1.165) is 24.9 Å². The molecule has 0 aliphatic carbocycles. The molecule has 4 heteroatoms. The van der Waals surface area contributed by atoms with Crippen molar-refractivity contribution in [3.8, 4) is 0 Å². The molecule has 0 bridgehead atoms. The van der Waals surface area contributed by atoms with Gasteiger partial charge in [0, 0.05) is 30.9 Å². The second-order valence-electron chi connectivity index (χ2n) is 4.66. The lowest BCUT2D eigenvalue weighted by atomic mass is 9.92. The highest BCUT2D eigenvalue weighted by molar-refractivity contribution is 5.78. The van der Waals surface area contributed by atoms with Crippen molar-refractivity contribution < 1.29 is 4.79 Å². The third-order valence-electron chi connectivity index (χ3n) is 3.18. The van der Waals surface area contributed by atoms with Crippen LogP contribution in [0.25, 0.3) is 0 Å². The first-order valence-corrected chi connectivity index (χ1v) is 6.15. The summed E-state index contributed by atoms with van der Waals surface area (Å²) in [7, 11) is 0. The van der Waals surface area contributed by atoms with Crippen molar-refractivity contribution in [3.05, 3.63) is 30.1 Å². The predicted molar refractivity (Wildman–Crippen MR) is 66.3 cm³/mol. The number of piperidine rings is 1. The monoisotopic (exact) mass is 233 g/mol. The number of nitrogens with zero attached hydrogens (tertiary/aromatic N) is 1. The van der Waals surface area contributed by atoms with Gasteiger partial charge in [0.15, 0.2) is 0 Å². The molecule has 2 unspecified atom stereocenters. The van der Waals surface area contributed by atoms with Crippen LogP contribution in [0.2, 0.25) is 0 Å². The molecule has 1 aliphatic rings. The van der Waals surface area contributed by atoms with Gasteiger partial charge in [0.1, 0.15) is 0 Å². The van der Waals surface area contributed by atoms with Crippen LogP contribution in [0.15, 0.2) is 24.5 Å². The fourth-order valence-electron chi connectivity index (χ4n) is 2.21. The lowest BCUT2D eigenvalue weighted by Gasteiger charge is -2.27. The Morgan fingerprint density at radius 3 is 3.24 bits per heavy atom. The Labute approximate surface area is 102 Å². The van der Waals surface area contributed by atoms with Crippen LogP contribution < -0.4 is 10.6 Å². The fraction of sp³-hybridized carbons (Fsp3) is 0.538. The van der Waals surface area contributed by atoms with Crippen LogP contribution >= 0.6 is 0 Å². The standard InChI is InChI=1S/C13H19N3O/c1-10-7-12(4-6-15-10)13(17)16-9-11-3-2-5-14-8-11/h2-3,5,8,10,12,15H,4,6-7,9H2,1H3,(H,16,17). The minimum absolute atomic E-state index is 0.155. The second kappa shape index (κ2) is 5.77. The maximum Gasteiger partial charge on any atom is 0.223 e. The minimum atomic E-state index is 0.155. The summed E-state index contributed by atoms with van der Waals surface area (Å²) >= 11 is 0. The number of hydrogen-bond acceptors (Lipinski definition) is 3. The molecule has 0 spiro atoms. The Bertz CT molecular complexity index is 366. The molecule has 1 aromatic heterocycles. The Morgan fingerprint density at radius 2 is 2.53 bits per heavy atom. The Morgan fingerprint density at radius 1 is 1.65 bits per heavy atom. The molecule has 1 aromatic rings. The van der Waals surface area contributed by atoms with Gasteiger partial charge >= 0.3 is 0 Å². The Balaban J connectivity index is 1.81. The molecule has 2 N–H and O–H groups in total. The predicted octanol–water partition coefficient (Wildman–Crippen LogP) is 1.09. The molecule has 2 atom stereocenters. The van der Waals surface area contributed by atoms with E-state index in [1.807, 2.05) is 12.1 Å². The SMILES string of the molecule is CC1CC(C(=O)NCc2cccnc2)CCN1. The van der Waals surface area contributed by atoms with Crippen molar-refractivity contribution in [1.82, 2.24) is 15.6 Å². The molecule has 2 heterocycles. The Kier molecular flexibility index (Phi) is 4.09. The van der Waals surface area contributed by atoms with Gasteiger partial charge in [-0.3, -0.25) is 9.78 Å². The lowest BCUT2D eigenvalue weighted by Crippen LogP contribution is -2.42. The van der Waals surface area contributed by atoms with Gasteiger partial charge in [-0.1, -0.05) is 6.07 Å². The van der Waals surface area contributed by atoms with Gasteiger partial charge < -0.3 is 10.6 Å². The summed E-state index contributed by atoms with van der Waals surface area (Å²) < 4.78 is 0. The van der Waals surface area contributed by atoms with E-state index in [4.69, 9.17) is 0 Å². The zero-order valence-corrected chi connectivity index (χ0v) is 10.1. The average Bonchev–Trinajstić information content (AvgIpc) is 2.37. The average molecular weight is 233 g/mol. The van der Waals surface area contributed by atoms with E-state index >= 15 is 0 Å². The summed E-state index contributed by atoms with van der Waals surface area (Å²) in [5.74, 6) is 0.324. The quantitative estimate of drug-likeness (QED) is 0.821. The second-order valence-corrected chi connectivity index (χ2v) is 4.66. The van der Waals surface area contributed by atoms with E-state index in [1.165, 1.54) is 0 Å². The largest absolute Gasteiger partial charge is 0.352 e. The maximum absolute atomic E-state index is 12.0. The van der Waals surface area contributed by atoms with Gasteiger partial charge in [-0.25, -0.2) is 0 Å². The van der Waals surface area contributed by atoms with Crippen LogP contribution in [0.5, 0.6) is 0 Å². The molecule has 1 saturated heterocycles. The Hall–Kier alpha value is -1.42. The summed E-state index contributed by atoms with van der Waals surface area (Å²) in [6.07, 6.45) is 5.38. The molecule has 0 saturated carbocycles. The van der Waals surface area contributed by atoms with Gasteiger partial charge in [0.05, 0.1) is 0 Å². The topological polar surface area (TPSA) is 54.0 Å². The van der Waals surface area contributed by atoms with Gasteiger partial charge in [-0.05, 0) is 37.9 Å². The first-order chi connectivity index (χ1) is 8.25. The molecule has 17 heavy (non-hydrogen) atoms. The van der Waals surface area contributed by atoms with Crippen molar-refractivity contribution in [2.75, 3.05) is 6.54 Å². The van der Waals surface area contributed by atoms with Gasteiger partial charge in [0.25, 0.3) is 0 Å². The van der Waals surface area contributed by atoms with Crippen molar-refractivity contribution in [2.45, 2.75) is 32.4 Å². The van der Waals surface area contributed by atoms with Crippen LogP contribution in [0.1, 0.15) is 25.3 Å². The number of carbonyl (C=O) groups is 1. The number of carbonyl (C=O) groups excluding carboxylic acids is 1. The first kappa shape index (κ1) is 12.0. The van der Waals surface area contributed by atoms with E-state index < -0.39 is 0 Å². The van der Waals surface area contributed by atoms with E-state index in [9.17, 15) is 4.79 Å². The van der Waals surface area contributed by atoms with Gasteiger partial charge in [-0.15, -0.1) is 0 Å². The summed E-state index contributed by atoms with van der Waals surface area (Å²) in [6, 6.07) is 4.30. The third kappa shape index (κ3) is 3.53. The van der Waals surface area contributed by atoms with Crippen molar-refractivity contribution in [1.29, 1.82) is 0 Å². The normalized spacial score (nSPS) is 24.3. The van der Waals surface area contributed by atoms with Crippen LogP contribution in [0.3, 0.4) is 0 Å². The van der Waals surface area contributed by atoms with Crippen molar-refractivity contribution in [2.24, 2.45) is 5.92 Å². The van der Waals surface area contributed by atoms with E-state index in [1.54, 1.807) is 12.4 Å². The molecule has 1 fully saturated rings. The molecule has 1 amide bonds. The first-order valence-electron chi connectivity index (χ1n) is 6.15. The van der Waals surface area contributed by atoms with Crippen LogP contribution in [-0.4, -0.2) is 23.5 Å². The number of amides is 1. The van der Waals surface area contributed by atoms with Gasteiger partial charge in [-0.2, -0.15) is 0 Å². The molecular formula is C13H19N3O. The number of pyridine rings is 1. The molecule has 1 aliphatic heterocycles. The maximum atomic E-state index is 12.0. The van der Waals surface area contributed by atoms with E-state index in [-0.39, 0.29) is 11.8 Å². The molecule has 0 radical (unpaired) electrons. The molecule has 92 valence electrons. The zero-order chi connectivity index (χ0) is 12.1. The fourth-order valence-corrected chi connectivity index (χ4v) is 2.21. The van der Waals surface area contributed by atoms with Crippen LogP contribution in [0.4, 0.5) is 0 Å². The van der Waals surface area contributed by atoms with Crippen molar-refractivity contribution >= 4 is 5.91 Å². The summed E-state index contributed by atoms with van der Waals surface area (Å²) in [5, 5.41) is 6.33. The lowest BCUT2D eigenvalue weighted by molar-refractivity contribution is -0.126. The van der Waals surface area contributed by atoms with E-state index in [2.05, 4.69) is 22.5 Å². The number of rotatable bonds is 3. The minimum Gasteiger partial charge on any atom is -0.352 e. The van der Waals surface area contributed by atoms with Crippen molar-refractivity contribution in [3.63, 3.8) is 0 Å². The van der Waals surface area contributed by atoms with Crippen LogP contribution in [-0.2, 0) is 11.3 Å². The molecule has 2 rings (SSSR count). The highest BCUT2D eigenvalue weighted by Gasteiger charge is 2.24. The zero-order valence-electron chi connectivity index (χ0n) is 10.1.